The largest absolute Gasteiger partial charge is 0.481 e. The van der Waals surface area contributed by atoms with Crippen LogP contribution in [0.15, 0.2) is 0 Å². The fourth-order valence-electron chi connectivity index (χ4n) is 1.95. The van der Waals surface area contributed by atoms with E-state index in [1.54, 1.807) is 0 Å². The first kappa shape index (κ1) is 12.7. The zero-order valence-corrected chi connectivity index (χ0v) is 8.82. The maximum atomic E-state index is 11.0. The quantitative estimate of drug-likeness (QED) is 0.740. The second kappa shape index (κ2) is 5.45. The molecule has 1 saturated heterocycles. The normalized spacial score (nSPS) is 27.8. The molecule has 0 bridgehead atoms. The predicted octanol–water partition coefficient (Wildman–Crippen LogP) is 1.66. The Labute approximate surface area is 85.3 Å². The van der Waals surface area contributed by atoms with Gasteiger partial charge in [0.25, 0.3) is 0 Å². The molecule has 0 aromatic carbocycles. The SMILES string of the molecule is CCCC1(C(=O)O)CCCNC1.Cl. The molecule has 1 unspecified atom stereocenters. The summed E-state index contributed by atoms with van der Waals surface area (Å²) >= 11 is 0. The number of carboxylic acids is 1. The third-order valence-electron chi connectivity index (χ3n) is 2.65. The van der Waals surface area contributed by atoms with Crippen LogP contribution in [0, 0.1) is 5.41 Å². The lowest BCUT2D eigenvalue weighted by atomic mass is 9.77. The predicted molar refractivity (Wildman–Crippen MR) is 54.3 cm³/mol. The first-order chi connectivity index (χ1) is 5.71. The number of carbonyl (C=O) groups is 1. The van der Waals surface area contributed by atoms with Crippen LogP contribution in [-0.4, -0.2) is 24.2 Å². The number of piperidine rings is 1. The van der Waals surface area contributed by atoms with Crippen LogP contribution in [0.1, 0.15) is 32.6 Å². The summed E-state index contributed by atoms with van der Waals surface area (Å²) in [6.45, 7) is 3.66. The van der Waals surface area contributed by atoms with Gasteiger partial charge in [-0.15, -0.1) is 12.4 Å². The van der Waals surface area contributed by atoms with Crippen LogP contribution in [0.25, 0.3) is 0 Å². The van der Waals surface area contributed by atoms with Crippen molar-refractivity contribution < 1.29 is 9.90 Å². The topological polar surface area (TPSA) is 49.3 Å². The van der Waals surface area contributed by atoms with Crippen LogP contribution < -0.4 is 5.32 Å². The molecular formula is C9H18ClNO2. The molecule has 0 aliphatic carbocycles. The maximum Gasteiger partial charge on any atom is 0.310 e. The molecular weight excluding hydrogens is 190 g/mol. The molecule has 1 fully saturated rings. The minimum absolute atomic E-state index is 0. The summed E-state index contributed by atoms with van der Waals surface area (Å²) in [6, 6.07) is 0. The van der Waals surface area contributed by atoms with Crippen LogP contribution in [0.4, 0.5) is 0 Å². The van der Waals surface area contributed by atoms with Crippen molar-refractivity contribution in [2.45, 2.75) is 32.6 Å². The van der Waals surface area contributed by atoms with Gasteiger partial charge < -0.3 is 10.4 Å². The monoisotopic (exact) mass is 207 g/mol. The van der Waals surface area contributed by atoms with E-state index in [1.165, 1.54) is 0 Å². The van der Waals surface area contributed by atoms with Crippen LogP contribution in [0.2, 0.25) is 0 Å². The van der Waals surface area contributed by atoms with Gasteiger partial charge in [-0.1, -0.05) is 13.3 Å². The molecule has 1 heterocycles. The van der Waals surface area contributed by atoms with Gasteiger partial charge in [0.15, 0.2) is 0 Å². The Balaban J connectivity index is 0.00000144. The standard InChI is InChI=1S/C9H17NO2.ClH/c1-2-4-9(8(11)12)5-3-6-10-7-9;/h10H,2-7H2,1H3,(H,11,12);1H. The Kier molecular flexibility index (Phi) is 5.33. The Hall–Kier alpha value is -0.280. The first-order valence-corrected chi connectivity index (χ1v) is 4.65. The number of halogens is 1. The van der Waals surface area contributed by atoms with Gasteiger partial charge in [0, 0.05) is 6.54 Å². The van der Waals surface area contributed by atoms with Gasteiger partial charge in [-0.05, 0) is 25.8 Å². The highest BCUT2D eigenvalue weighted by Gasteiger charge is 2.38. The van der Waals surface area contributed by atoms with Crippen molar-refractivity contribution in [2.24, 2.45) is 5.41 Å². The minimum atomic E-state index is -0.628. The lowest BCUT2D eigenvalue weighted by Gasteiger charge is -2.33. The van der Waals surface area contributed by atoms with Gasteiger partial charge in [-0.2, -0.15) is 0 Å². The maximum absolute atomic E-state index is 11.0. The molecule has 0 spiro atoms. The molecule has 0 amide bonds. The molecule has 1 atom stereocenters. The second-order valence-electron chi connectivity index (χ2n) is 3.62. The number of nitrogens with one attached hydrogen (secondary N) is 1. The number of rotatable bonds is 3. The molecule has 0 aromatic rings. The van der Waals surface area contributed by atoms with E-state index in [0.717, 1.165) is 32.2 Å². The highest BCUT2D eigenvalue weighted by molar-refractivity contribution is 5.85. The fourth-order valence-corrected chi connectivity index (χ4v) is 1.95. The molecule has 3 nitrogen and oxygen atoms in total. The smallest absolute Gasteiger partial charge is 0.310 e. The molecule has 13 heavy (non-hydrogen) atoms. The highest BCUT2D eigenvalue weighted by Crippen LogP contribution is 2.31. The third-order valence-corrected chi connectivity index (χ3v) is 2.65. The average Bonchev–Trinajstić information content (AvgIpc) is 2.06. The van der Waals surface area contributed by atoms with E-state index >= 15 is 0 Å². The zero-order chi connectivity index (χ0) is 9.03. The summed E-state index contributed by atoms with van der Waals surface area (Å²) in [7, 11) is 0. The van der Waals surface area contributed by atoms with Crippen molar-refractivity contribution in [1.29, 1.82) is 0 Å². The summed E-state index contributed by atoms with van der Waals surface area (Å²) in [5, 5.41) is 12.2. The van der Waals surface area contributed by atoms with E-state index in [9.17, 15) is 4.79 Å². The Morgan fingerprint density at radius 2 is 2.31 bits per heavy atom. The number of carboxylic acid groups (broad SMARTS) is 1. The van der Waals surface area contributed by atoms with E-state index in [1.807, 2.05) is 6.92 Å². The van der Waals surface area contributed by atoms with Crippen molar-refractivity contribution in [2.75, 3.05) is 13.1 Å². The summed E-state index contributed by atoms with van der Waals surface area (Å²) in [5.41, 5.74) is -0.465. The summed E-state index contributed by atoms with van der Waals surface area (Å²) in [6.07, 6.45) is 3.58. The van der Waals surface area contributed by atoms with E-state index in [4.69, 9.17) is 5.11 Å². The minimum Gasteiger partial charge on any atom is -0.481 e. The molecule has 0 radical (unpaired) electrons. The summed E-state index contributed by atoms with van der Waals surface area (Å²) < 4.78 is 0. The number of hydrogen-bond acceptors (Lipinski definition) is 2. The first-order valence-electron chi connectivity index (χ1n) is 4.65. The lowest BCUT2D eigenvalue weighted by molar-refractivity contribution is -0.150. The van der Waals surface area contributed by atoms with Crippen molar-refractivity contribution in [1.82, 2.24) is 5.32 Å². The molecule has 0 saturated carbocycles. The van der Waals surface area contributed by atoms with Crippen molar-refractivity contribution in [3.8, 4) is 0 Å². The van der Waals surface area contributed by atoms with Gasteiger partial charge in [-0.25, -0.2) is 0 Å². The van der Waals surface area contributed by atoms with Crippen LogP contribution in [0.3, 0.4) is 0 Å². The zero-order valence-electron chi connectivity index (χ0n) is 8.01. The molecule has 2 N–H and O–H groups in total. The van der Waals surface area contributed by atoms with Crippen LogP contribution >= 0.6 is 12.4 Å². The molecule has 78 valence electrons. The number of hydrogen-bond donors (Lipinski definition) is 2. The summed E-state index contributed by atoms with van der Waals surface area (Å²) in [5.74, 6) is -0.628. The van der Waals surface area contributed by atoms with Gasteiger partial charge in [0.2, 0.25) is 0 Å². The molecule has 1 rings (SSSR count). The van der Waals surface area contributed by atoms with Gasteiger partial charge in [0.1, 0.15) is 0 Å². The lowest BCUT2D eigenvalue weighted by Crippen LogP contribution is -2.45. The van der Waals surface area contributed by atoms with Gasteiger partial charge in [-0.3, -0.25) is 4.79 Å². The Morgan fingerprint density at radius 3 is 2.69 bits per heavy atom. The van der Waals surface area contributed by atoms with Gasteiger partial charge >= 0.3 is 5.97 Å². The average molecular weight is 208 g/mol. The van der Waals surface area contributed by atoms with E-state index in [0.29, 0.717) is 6.54 Å². The van der Waals surface area contributed by atoms with Crippen molar-refractivity contribution in [3.63, 3.8) is 0 Å². The molecule has 1 aliphatic heterocycles. The van der Waals surface area contributed by atoms with Gasteiger partial charge in [0.05, 0.1) is 5.41 Å². The van der Waals surface area contributed by atoms with E-state index in [-0.39, 0.29) is 12.4 Å². The molecule has 0 aromatic heterocycles. The second-order valence-corrected chi connectivity index (χ2v) is 3.62. The van der Waals surface area contributed by atoms with Crippen molar-refractivity contribution >= 4 is 18.4 Å². The number of aliphatic carboxylic acids is 1. The molecule has 4 heteroatoms. The van der Waals surface area contributed by atoms with Crippen LogP contribution in [-0.2, 0) is 4.79 Å². The Morgan fingerprint density at radius 1 is 1.62 bits per heavy atom. The third kappa shape index (κ3) is 2.85. The highest BCUT2D eigenvalue weighted by atomic mass is 35.5. The van der Waals surface area contributed by atoms with E-state index < -0.39 is 11.4 Å². The van der Waals surface area contributed by atoms with Crippen molar-refractivity contribution in [3.05, 3.63) is 0 Å². The van der Waals surface area contributed by atoms with E-state index in [2.05, 4.69) is 5.32 Å². The fraction of sp³-hybridized carbons (Fsp3) is 0.889. The van der Waals surface area contributed by atoms with Crippen LogP contribution in [0.5, 0.6) is 0 Å². The Bertz CT molecular complexity index is 161. The summed E-state index contributed by atoms with van der Waals surface area (Å²) in [4.78, 5) is 11.0. The molecule has 1 aliphatic rings.